The minimum atomic E-state index is -0.786. The number of nitrogens with zero attached hydrogens (tertiary/aromatic N) is 3. The molecule has 1 amide bonds. The normalized spacial score (nSPS) is 17.2. The van der Waals surface area contributed by atoms with E-state index >= 15 is 0 Å². The van der Waals surface area contributed by atoms with Crippen LogP contribution in [-0.4, -0.2) is 21.8 Å². The summed E-state index contributed by atoms with van der Waals surface area (Å²) in [5.74, 6) is -1.51. The average molecular weight is 361 g/mol. The van der Waals surface area contributed by atoms with Crippen molar-refractivity contribution in [2.24, 2.45) is 5.41 Å². The van der Waals surface area contributed by atoms with Gasteiger partial charge in [-0.2, -0.15) is 5.26 Å². The fraction of sp³-hybridized carbons (Fsp3) is 0.238. The summed E-state index contributed by atoms with van der Waals surface area (Å²) in [6, 6.07) is 11.1. The number of ketones is 1. The molecule has 0 radical (unpaired) electrons. The fourth-order valence-corrected chi connectivity index (χ4v) is 3.06. The molecule has 6 nitrogen and oxygen atoms in total. The monoisotopic (exact) mass is 361 g/mol. The SMILES string of the molecule is CC(C)(C)C(=O)C1=C(O)C(=O)N(c2ccc(C#N)cc2)C1c1cccnc1. The lowest BCUT2D eigenvalue weighted by atomic mass is 9.82. The molecular formula is C21H19N3O3. The number of benzene rings is 1. The van der Waals surface area contributed by atoms with Crippen LogP contribution in [0.4, 0.5) is 5.69 Å². The second-order valence-electron chi connectivity index (χ2n) is 7.36. The first kappa shape index (κ1) is 18.3. The number of carbonyl (C=O) groups is 2. The Bertz CT molecular complexity index is 964. The number of nitriles is 1. The van der Waals surface area contributed by atoms with Gasteiger partial charge in [-0.15, -0.1) is 0 Å². The summed E-state index contributed by atoms with van der Waals surface area (Å²) in [6.45, 7) is 5.22. The molecule has 0 bridgehead atoms. The molecule has 1 aromatic carbocycles. The highest BCUT2D eigenvalue weighted by Gasteiger charge is 2.46. The maximum absolute atomic E-state index is 13.0. The van der Waals surface area contributed by atoms with Gasteiger partial charge in [0, 0.05) is 23.5 Å². The van der Waals surface area contributed by atoms with Crippen LogP contribution in [0.1, 0.15) is 37.9 Å². The number of hydrogen-bond acceptors (Lipinski definition) is 5. The predicted octanol–water partition coefficient (Wildman–Crippen LogP) is 3.47. The number of anilines is 1. The number of aromatic nitrogens is 1. The van der Waals surface area contributed by atoms with E-state index in [-0.39, 0.29) is 11.4 Å². The molecule has 2 aromatic rings. The molecule has 1 aromatic heterocycles. The summed E-state index contributed by atoms with van der Waals surface area (Å²) in [5.41, 5.74) is 0.837. The highest BCUT2D eigenvalue weighted by molar-refractivity contribution is 6.17. The lowest BCUT2D eigenvalue weighted by Crippen LogP contribution is -2.32. The van der Waals surface area contributed by atoms with E-state index in [1.165, 1.54) is 4.90 Å². The molecule has 136 valence electrons. The number of aliphatic hydroxyl groups is 1. The molecule has 0 saturated heterocycles. The maximum atomic E-state index is 13.0. The molecule has 3 rings (SSSR count). The van der Waals surface area contributed by atoms with Gasteiger partial charge in [-0.05, 0) is 35.9 Å². The van der Waals surface area contributed by atoms with Crippen LogP contribution in [0.15, 0.2) is 60.1 Å². The second-order valence-corrected chi connectivity index (χ2v) is 7.36. The first-order chi connectivity index (χ1) is 12.8. The molecule has 2 heterocycles. The van der Waals surface area contributed by atoms with Crippen LogP contribution in [0.25, 0.3) is 0 Å². The van der Waals surface area contributed by atoms with Gasteiger partial charge in [-0.25, -0.2) is 0 Å². The Morgan fingerprint density at radius 1 is 1.22 bits per heavy atom. The van der Waals surface area contributed by atoms with E-state index < -0.39 is 23.1 Å². The Hall–Kier alpha value is -3.46. The zero-order chi connectivity index (χ0) is 19.8. The van der Waals surface area contributed by atoms with Gasteiger partial charge in [0.05, 0.1) is 23.2 Å². The number of amides is 1. The Labute approximate surface area is 157 Å². The zero-order valence-corrected chi connectivity index (χ0v) is 15.3. The van der Waals surface area contributed by atoms with Gasteiger partial charge in [-0.3, -0.25) is 19.5 Å². The van der Waals surface area contributed by atoms with Gasteiger partial charge in [0.15, 0.2) is 11.5 Å². The topological polar surface area (TPSA) is 94.3 Å². The number of pyridine rings is 1. The molecule has 0 fully saturated rings. The lowest BCUT2D eigenvalue weighted by molar-refractivity contribution is -0.123. The van der Waals surface area contributed by atoms with Crippen LogP contribution in [0.3, 0.4) is 0 Å². The van der Waals surface area contributed by atoms with Gasteiger partial charge < -0.3 is 5.11 Å². The third-order valence-electron chi connectivity index (χ3n) is 4.41. The van der Waals surface area contributed by atoms with Crippen molar-refractivity contribution in [1.82, 2.24) is 4.98 Å². The average Bonchev–Trinajstić information content (AvgIpc) is 2.92. The maximum Gasteiger partial charge on any atom is 0.294 e. The molecule has 0 saturated carbocycles. The smallest absolute Gasteiger partial charge is 0.294 e. The van der Waals surface area contributed by atoms with E-state index in [1.807, 2.05) is 6.07 Å². The van der Waals surface area contributed by atoms with E-state index in [9.17, 15) is 14.7 Å². The Kier molecular flexibility index (Phi) is 4.54. The van der Waals surface area contributed by atoms with Crippen molar-refractivity contribution in [1.29, 1.82) is 5.26 Å². The van der Waals surface area contributed by atoms with Crippen molar-refractivity contribution < 1.29 is 14.7 Å². The molecule has 0 spiro atoms. The van der Waals surface area contributed by atoms with Gasteiger partial charge in [0.25, 0.3) is 5.91 Å². The van der Waals surface area contributed by atoms with Crippen molar-refractivity contribution in [3.05, 3.63) is 71.3 Å². The highest BCUT2D eigenvalue weighted by atomic mass is 16.3. The highest BCUT2D eigenvalue weighted by Crippen LogP contribution is 2.43. The van der Waals surface area contributed by atoms with E-state index in [4.69, 9.17) is 5.26 Å². The van der Waals surface area contributed by atoms with Crippen LogP contribution in [-0.2, 0) is 9.59 Å². The van der Waals surface area contributed by atoms with Crippen LogP contribution >= 0.6 is 0 Å². The summed E-state index contributed by atoms with van der Waals surface area (Å²) < 4.78 is 0. The number of aliphatic hydroxyl groups excluding tert-OH is 1. The summed E-state index contributed by atoms with van der Waals surface area (Å²) >= 11 is 0. The van der Waals surface area contributed by atoms with Crippen molar-refractivity contribution in [2.45, 2.75) is 26.8 Å². The first-order valence-corrected chi connectivity index (χ1v) is 8.47. The minimum Gasteiger partial charge on any atom is -0.503 e. The molecule has 6 heteroatoms. The Balaban J connectivity index is 2.18. The van der Waals surface area contributed by atoms with Crippen molar-refractivity contribution in [3.8, 4) is 6.07 Å². The third kappa shape index (κ3) is 3.20. The lowest BCUT2D eigenvalue weighted by Gasteiger charge is -2.28. The van der Waals surface area contributed by atoms with E-state index in [1.54, 1.807) is 69.6 Å². The molecule has 1 aliphatic rings. The first-order valence-electron chi connectivity index (χ1n) is 8.47. The van der Waals surface area contributed by atoms with E-state index in [2.05, 4.69) is 4.98 Å². The fourth-order valence-electron chi connectivity index (χ4n) is 3.06. The van der Waals surface area contributed by atoms with Crippen LogP contribution in [0, 0.1) is 16.7 Å². The standard InChI is InChI=1S/C21H19N3O3/c1-21(2,3)19(26)16-17(14-5-4-10-23-12-14)24(20(27)18(16)25)15-8-6-13(11-22)7-9-15/h4-10,12,17,25H,1-3H3. The zero-order valence-electron chi connectivity index (χ0n) is 15.3. The summed E-state index contributed by atoms with van der Waals surface area (Å²) in [5, 5.41) is 19.5. The van der Waals surface area contributed by atoms with Gasteiger partial charge >= 0.3 is 0 Å². The molecule has 1 N–H and O–H groups in total. The van der Waals surface area contributed by atoms with Crippen molar-refractivity contribution in [3.63, 3.8) is 0 Å². The van der Waals surface area contributed by atoms with E-state index in [0.717, 1.165) is 0 Å². The summed E-state index contributed by atoms with van der Waals surface area (Å²) in [7, 11) is 0. The molecule has 1 aliphatic heterocycles. The number of rotatable bonds is 3. The Morgan fingerprint density at radius 2 is 1.89 bits per heavy atom. The summed E-state index contributed by atoms with van der Waals surface area (Å²) in [4.78, 5) is 31.4. The van der Waals surface area contributed by atoms with Crippen molar-refractivity contribution in [2.75, 3.05) is 4.90 Å². The van der Waals surface area contributed by atoms with Gasteiger partial charge in [0.1, 0.15) is 0 Å². The number of Topliss-reactive ketones (excluding diaryl/α,β-unsaturated/α-hetero) is 1. The van der Waals surface area contributed by atoms with Crippen LogP contribution in [0.5, 0.6) is 0 Å². The van der Waals surface area contributed by atoms with Crippen LogP contribution < -0.4 is 4.90 Å². The third-order valence-corrected chi connectivity index (χ3v) is 4.41. The number of carbonyl (C=O) groups excluding carboxylic acids is 2. The number of hydrogen-bond donors (Lipinski definition) is 1. The predicted molar refractivity (Wildman–Crippen MR) is 99.7 cm³/mol. The van der Waals surface area contributed by atoms with Gasteiger partial charge in [-0.1, -0.05) is 26.8 Å². The molecule has 27 heavy (non-hydrogen) atoms. The van der Waals surface area contributed by atoms with Gasteiger partial charge in [0.2, 0.25) is 0 Å². The summed E-state index contributed by atoms with van der Waals surface area (Å²) in [6.07, 6.45) is 3.17. The molecule has 1 atom stereocenters. The molecular weight excluding hydrogens is 342 g/mol. The Morgan fingerprint density at radius 3 is 2.41 bits per heavy atom. The van der Waals surface area contributed by atoms with Crippen molar-refractivity contribution >= 4 is 17.4 Å². The largest absolute Gasteiger partial charge is 0.503 e. The molecule has 0 aliphatic carbocycles. The quantitative estimate of drug-likeness (QED) is 0.903. The van der Waals surface area contributed by atoms with E-state index in [0.29, 0.717) is 16.8 Å². The van der Waals surface area contributed by atoms with Crippen LogP contribution in [0.2, 0.25) is 0 Å². The minimum absolute atomic E-state index is 0.0601. The second kappa shape index (κ2) is 6.69. The molecule has 1 unspecified atom stereocenters.